The van der Waals surface area contributed by atoms with Crippen LogP contribution in [0, 0.1) is 18.2 Å². The molecule has 4 N–H and O–H groups in total. The van der Waals surface area contributed by atoms with E-state index in [0.717, 1.165) is 18.2 Å². The van der Waals surface area contributed by atoms with Crippen molar-refractivity contribution in [1.82, 2.24) is 5.32 Å². The molecule has 0 amide bonds. The van der Waals surface area contributed by atoms with Crippen molar-refractivity contribution < 1.29 is 33.5 Å². The molecule has 2 aromatic carbocycles. The van der Waals surface area contributed by atoms with E-state index >= 15 is 0 Å². The van der Waals surface area contributed by atoms with E-state index in [1.807, 2.05) is 30.3 Å². The first kappa shape index (κ1) is 24.5. The second kappa shape index (κ2) is 12.2. The lowest BCUT2D eigenvalue weighted by Gasteiger charge is -2.33. The lowest BCUT2D eigenvalue weighted by molar-refractivity contribution is 0.0935. The van der Waals surface area contributed by atoms with Crippen LogP contribution in [-0.2, 0) is 4.57 Å². The summed E-state index contributed by atoms with van der Waals surface area (Å²) in [5.74, 6) is -0.161. The minimum Gasteiger partial charge on any atom is -0.505 e. The van der Waals surface area contributed by atoms with Gasteiger partial charge >= 0.3 is 0 Å². The summed E-state index contributed by atoms with van der Waals surface area (Å²) in [7, 11) is -2.53. The molecule has 0 heterocycles. The topological polar surface area (TPSA) is 108 Å². The zero-order valence-electron chi connectivity index (χ0n) is 17.7. The lowest BCUT2D eigenvalue weighted by Crippen LogP contribution is -2.42. The molecular formula is C23H30FNO6P. The van der Waals surface area contributed by atoms with Crippen LogP contribution in [0.1, 0.15) is 19.3 Å². The van der Waals surface area contributed by atoms with Crippen molar-refractivity contribution in [1.29, 1.82) is 0 Å². The third-order valence-electron chi connectivity index (χ3n) is 5.52. The molecule has 1 radical (unpaired) electrons. The number of ether oxygens (including phenoxy) is 2. The number of benzene rings is 2. The fraction of sp³-hybridized carbons (Fsp3) is 0.435. The number of hydrogen-bond donors (Lipinski definition) is 4. The van der Waals surface area contributed by atoms with Crippen LogP contribution in [0.3, 0.4) is 0 Å². The molecule has 0 spiro atoms. The van der Waals surface area contributed by atoms with Gasteiger partial charge in [0.25, 0.3) is 0 Å². The van der Waals surface area contributed by atoms with Crippen molar-refractivity contribution in [3.8, 4) is 17.2 Å². The van der Waals surface area contributed by atoms with Crippen molar-refractivity contribution in [3.05, 3.63) is 60.8 Å². The van der Waals surface area contributed by atoms with Gasteiger partial charge in [0.05, 0.1) is 0 Å². The van der Waals surface area contributed by atoms with Crippen molar-refractivity contribution in [2.75, 3.05) is 19.7 Å². The van der Waals surface area contributed by atoms with Gasteiger partial charge in [-0.15, -0.1) is 0 Å². The number of aliphatic hydroxyl groups is 1. The number of aliphatic hydroxyl groups excluding tert-OH is 1. The normalized spacial score (nSPS) is 21.5. The fourth-order valence-corrected chi connectivity index (χ4v) is 4.46. The Balaban J connectivity index is 1.49. The standard InChI is InChI=1S/C23H30FNO6P/c24-21-12-19(8-11-22(21)27)30-15-17(26)13-25-14-23(31-18-4-2-1-3-5-18)16-6-9-20(10-7-16)32(28)29/h1-6,8,11-12,16-17,20,23,25-27,32H,7,9-10,13-15H2,(H,28,29). The predicted octanol–water partition coefficient (Wildman–Crippen LogP) is 3.15. The Hall–Kier alpha value is -2.12. The van der Waals surface area contributed by atoms with E-state index < -0.39 is 25.7 Å². The number of rotatable bonds is 11. The van der Waals surface area contributed by atoms with E-state index in [0.29, 0.717) is 19.4 Å². The Bertz CT molecular complexity index is 863. The van der Waals surface area contributed by atoms with Crippen LogP contribution in [-0.4, -0.2) is 52.7 Å². The molecule has 9 heteroatoms. The fourth-order valence-electron chi connectivity index (χ4n) is 3.71. The number of phenolic OH excluding ortho intramolecular Hbond substituents is 1. The highest BCUT2D eigenvalue weighted by Crippen LogP contribution is 2.38. The third kappa shape index (κ3) is 7.48. The van der Waals surface area contributed by atoms with E-state index in [-0.39, 0.29) is 36.6 Å². The molecule has 1 aliphatic carbocycles. The third-order valence-corrected chi connectivity index (χ3v) is 6.74. The zero-order valence-corrected chi connectivity index (χ0v) is 18.7. The first-order valence-corrected chi connectivity index (χ1v) is 12.1. The van der Waals surface area contributed by atoms with Gasteiger partial charge < -0.3 is 29.9 Å². The van der Waals surface area contributed by atoms with Gasteiger partial charge in [0.15, 0.2) is 19.6 Å². The van der Waals surface area contributed by atoms with Gasteiger partial charge in [-0.25, -0.2) is 4.39 Å². The van der Waals surface area contributed by atoms with E-state index in [9.17, 15) is 24.1 Å². The van der Waals surface area contributed by atoms with E-state index in [1.54, 1.807) is 0 Å². The smallest absolute Gasteiger partial charge is 0.192 e. The van der Waals surface area contributed by atoms with Crippen LogP contribution in [0.15, 0.2) is 48.5 Å². The van der Waals surface area contributed by atoms with Crippen molar-refractivity contribution in [2.45, 2.75) is 37.1 Å². The number of phenols is 1. The van der Waals surface area contributed by atoms with Crippen LogP contribution < -0.4 is 14.8 Å². The Labute approximate surface area is 188 Å². The second-order valence-corrected chi connectivity index (χ2v) is 9.45. The summed E-state index contributed by atoms with van der Waals surface area (Å²) in [5, 5.41) is 22.6. The van der Waals surface area contributed by atoms with Crippen LogP contribution in [0.4, 0.5) is 4.39 Å². The average molecular weight is 466 g/mol. The molecule has 1 fully saturated rings. The maximum absolute atomic E-state index is 13.4. The molecule has 0 aromatic heterocycles. The Morgan fingerprint density at radius 1 is 1.12 bits per heavy atom. The highest BCUT2D eigenvalue weighted by molar-refractivity contribution is 7.38. The SMILES string of the molecule is O=[PH](O)C1C[CH]C(C(CNCC(O)COc2ccc(O)c(F)c2)Oc2ccccc2)CC1. The number of hydrogen-bond acceptors (Lipinski definition) is 6. The summed E-state index contributed by atoms with van der Waals surface area (Å²) in [6.45, 7) is 0.679. The predicted molar refractivity (Wildman–Crippen MR) is 120 cm³/mol. The summed E-state index contributed by atoms with van der Waals surface area (Å²) in [6.07, 6.45) is 3.08. The molecule has 3 rings (SSSR count). The van der Waals surface area contributed by atoms with Crippen molar-refractivity contribution in [3.63, 3.8) is 0 Å². The molecule has 0 aliphatic heterocycles. The summed E-state index contributed by atoms with van der Waals surface area (Å²) >= 11 is 0. The van der Waals surface area contributed by atoms with Gasteiger partial charge in [-0.2, -0.15) is 0 Å². The van der Waals surface area contributed by atoms with Crippen molar-refractivity contribution >= 4 is 8.03 Å². The van der Waals surface area contributed by atoms with E-state index in [1.165, 1.54) is 12.1 Å². The molecule has 1 aliphatic rings. The minimum atomic E-state index is -2.53. The van der Waals surface area contributed by atoms with Crippen LogP contribution >= 0.6 is 8.03 Å². The molecule has 32 heavy (non-hydrogen) atoms. The summed E-state index contributed by atoms with van der Waals surface area (Å²) in [5.41, 5.74) is -0.162. The number of halogens is 1. The number of aromatic hydroxyl groups is 1. The molecule has 175 valence electrons. The quantitative estimate of drug-likeness (QED) is 0.377. The Morgan fingerprint density at radius 2 is 1.91 bits per heavy atom. The number of nitrogens with one attached hydrogen (secondary N) is 1. The Kier molecular flexibility index (Phi) is 9.36. The molecule has 5 unspecified atom stereocenters. The molecule has 5 atom stereocenters. The molecule has 7 nitrogen and oxygen atoms in total. The summed E-state index contributed by atoms with van der Waals surface area (Å²) in [4.78, 5) is 9.41. The van der Waals surface area contributed by atoms with Gasteiger partial charge in [-0.1, -0.05) is 18.2 Å². The Morgan fingerprint density at radius 3 is 2.56 bits per heavy atom. The monoisotopic (exact) mass is 466 g/mol. The summed E-state index contributed by atoms with van der Waals surface area (Å²) in [6, 6.07) is 13.1. The molecular weight excluding hydrogens is 436 g/mol. The molecule has 0 saturated heterocycles. The van der Waals surface area contributed by atoms with Gasteiger partial charge in [0, 0.05) is 30.7 Å². The van der Waals surface area contributed by atoms with E-state index in [2.05, 4.69) is 11.7 Å². The van der Waals surface area contributed by atoms with Crippen LogP contribution in [0.25, 0.3) is 0 Å². The van der Waals surface area contributed by atoms with Gasteiger partial charge in [-0.3, -0.25) is 4.57 Å². The van der Waals surface area contributed by atoms with Gasteiger partial charge in [0.1, 0.15) is 30.3 Å². The first-order valence-electron chi connectivity index (χ1n) is 10.7. The number of para-hydroxylation sites is 1. The van der Waals surface area contributed by atoms with Crippen LogP contribution in [0.5, 0.6) is 17.2 Å². The maximum Gasteiger partial charge on any atom is 0.192 e. The lowest BCUT2D eigenvalue weighted by atomic mass is 9.84. The van der Waals surface area contributed by atoms with E-state index in [4.69, 9.17) is 9.47 Å². The molecule has 2 aromatic rings. The highest BCUT2D eigenvalue weighted by atomic mass is 31.1. The molecule has 1 saturated carbocycles. The van der Waals surface area contributed by atoms with Gasteiger partial charge in [-0.05, 0) is 49.9 Å². The second-order valence-electron chi connectivity index (χ2n) is 7.95. The van der Waals surface area contributed by atoms with Crippen LogP contribution in [0.2, 0.25) is 0 Å². The maximum atomic E-state index is 13.4. The van der Waals surface area contributed by atoms with Crippen molar-refractivity contribution in [2.24, 2.45) is 5.92 Å². The molecule has 0 bridgehead atoms. The highest BCUT2D eigenvalue weighted by Gasteiger charge is 2.31. The first-order chi connectivity index (χ1) is 15.4. The largest absolute Gasteiger partial charge is 0.505 e. The minimum absolute atomic E-state index is 0.0383. The summed E-state index contributed by atoms with van der Waals surface area (Å²) < 4.78 is 36.3. The zero-order chi connectivity index (χ0) is 22.9. The van der Waals surface area contributed by atoms with Gasteiger partial charge in [0.2, 0.25) is 0 Å². The average Bonchev–Trinajstić information content (AvgIpc) is 2.80.